The first-order valence-corrected chi connectivity index (χ1v) is 12.0. The number of nitrogens with one attached hydrogen (secondary N) is 1. The molecule has 0 saturated carbocycles. The van der Waals surface area contributed by atoms with Crippen molar-refractivity contribution >= 4 is 27.3 Å². The van der Waals surface area contributed by atoms with E-state index in [0.29, 0.717) is 13.0 Å². The number of ether oxygens (including phenoxy) is 1. The molecule has 1 N–H and O–H groups in total. The monoisotopic (exact) mass is 439 g/mol. The van der Waals surface area contributed by atoms with Gasteiger partial charge in [0, 0.05) is 17.7 Å². The van der Waals surface area contributed by atoms with E-state index in [2.05, 4.69) is 68.8 Å². The van der Waals surface area contributed by atoms with E-state index in [9.17, 15) is 4.79 Å². The Morgan fingerprint density at radius 1 is 1.03 bits per heavy atom. The predicted molar refractivity (Wildman–Crippen MR) is 135 cm³/mol. The highest BCUT2D eigenvalue weighted by molar-refractivity contribution is 7.17. The Balaban J connectivity index is 1.70. The normalized spacial score (nSPS) is 12.2. The summed E-state index contributed by atoms with van der Waals surface area (Å²) in [7, 11) is 1.69. The summed E-state index contributed by atoms with van der Waals surface area (Å²) >= 11 is 1.74. The standard InChI is InChI=1S/C27H37NO2S/c1-20(2)8-6-9-21(3)10-7-11-22(4)12-15-27(29)28-17-16-23-19-31-26-14-13-24(30-5)18-25(23)26/h8,10,12-14,18-19H,6-7,9,11,15-17H2,1-5H3,(H,28,29)/b21-10+,22-12+. The Morgan fingerprint density at radius 3 is 2.45 bits per heavy atom. The summed E-state index contributed by atoms with van der Waals surface area (Å²) in [5.74, 6) is 0.958. The predicted octanol–water partition coefficient (Wildman–Crippen LogP) is 7.38. The SMILES string of the molecule is COc1ccc2scc(CCNC(=O)C/C=C(\C)CC/C=C(\C)CCC=C(C)C)c2c1. The maximum atomic E-state index is 12.2. The lowest BCUT2D eigenvalue weighted by molar-refractivity contribution is -0.120. The first-order valence-electron chi connectivity index (χ1n) is 11.1. The Bertz CT molecular complexity index is 945. The number of hydrogen-bond donors (Lipinski definition) is 1. The molecule has 0 aliphatic rings. The van der Waals surface area contributed by atoms with Crippen LogP contribution in [0.15, 0.2) is 58.5 Å². The second kappa shape index (κ2) is 13.2. The fourth-order valence-corrected chi connectivity index (χ4v) is 4.37. The molecule has 1 amide bonds. The van der Waals surface area contributed by atoms with Gasteiger partial charge in [-0.1, -0.05) is 34.9 Å². The Kier molecular flexibility index (Phi) is 10.6. The van der Waals surface area contributed by atoms with Crippen LogP contribution < -0.4 is 10.1 Å². The molecule has 0 saturated heterocycles. The summed E-state index contributed by atoms with van der Waals surface area (Å²) in [5, 5.41) is 6.45. The van der Waals surface area contributed by atoms with Crippen LogP contribution in [0.25, 0.3) is 10.1 Å². The van der Waals surface area contributed by atoms with Gasteiger partial charge in [0.1, 0.15) is 5.75 Å². The summed E-state index contributed by atoms with van der Waals surface area (Å²) < 4.78 is 6.58. The number of amides is 1. The lowest BCUT2D eigenvalue weighted by atomic mass is 10.1. The average Bonchev–Trinajstić information content (AvgIpc) is 3.14. The molecule has 1 aromatic heterocycles. The molecule has 0 aliphatic heterocycles. The van der Waals surface area contributed by atoms with Gasteiger partial charge in [-0.15, -0.1) is 11.3 Å². The van der Waals surface area contributed by atoms with Gasteiger partial charge in [0.05, 0.1) is 7.11 Å². The van der Waals surface area contributed by atoms with Crippen molar-refractivity contribution in [3.8, 4) is 5.75 Å². The van der Waals surface area contributed by atoms with Crippen molar-refractivity contribution < 1.29 is 9.53 Å². The van der Waals surface area contributed by atoms with E-state index in [1.807, 2.05) is 6.07 Å². The van der Waals surface area contributed by atoms with Crippen molar-refractivity contribution in [2.75, 3.05) is 13.7 Å². The third-order valence-corrected chi connectivity index (χ3v) is 6.35. The maximum absolute atomic E-state index is 12.2. The Hall–Kier alpha value is -2.33. The van der Waals surface area contributed by atoms with E-state index in [4.69, 9.17) is 4.74 Å². The van der Waals surface area contributed by atoms with Crippen molar-refractivity contribution in [3.63, 3.8) is 0 Å². The highest BCUT2D eigenvalue weighted by atomic mass is 32.1. The van der Waals surface area contributed by atoms with Gasteiger partial charge in [-0.3, -0.25) is 4.79 Å². The maximum Gasteiger partial charge on any atom is 0.223 e. The number of rotatable bonds is 12. The third-order valence-electron chi connectivity index (χ3n) is 5.34. The number of carbonyl (C=O) groups excluding carboxylic acids is 1. The van der Waals surface area contributed by atoms with Crippen LogP contribution in [0.1, 0.15) is 65.4 Å². The Morgan fingerprint density at radius 2 is 1.74 bits per heavy atom. The molecule has 168 valence electrons. The molecule has 0 radical (unpaired) electrons. The number of fused-ring (bicyclic) bond motifs is 1. The topological polar surface area (TPSA) is 38.3 Å². The van der Waals surface area contributed by atoms with Crippen LogP contribution in [-0.4, -0.2) is 19.6 Å². The molecule has 0 fully saturated rings. The van der Waals surface area contributed by atoms with Gasteiger partial charge in [-0.05, 0) is 94.3 Å². The number of carbonyl (C=O) groups is 1. The first-order chi connectivity index (χ1) is 14.9. The Labute approximate surface area is 191 Å². The molecular weight excluding hydrogens is 402 g/mol. The summed E-state index contributed by atoms with van der Waals surface area (Å²) in [6, 6.07) is 6.15. The van der Waals surface area contributed by atoms with Crippen LogP contribution in [0.2, 0.25) is 0 Å². The van der Waals surface area contributed by atoms with E-state index in [0.717, 1.165) is 37.9 Å². The fraction of sp³-hybridized carbons (Fsp3) is 0.444. The lowest BCUT2D eigenvalue weighted by Gasteiger charge is -2.05. The van der Waals surface area contributed by atoms with Crippen molar-refractivity contribution in [2.45, 2.75) is 66.2 Å². The van der Waals surface area contributed by atoms with E-state index in [1.54, 1.807) is 18.4 Å². The van der Waals surface area contributed by atoms with E-state index >= 15 is 0 Å². The summed E-state index contributed by atoms with van der Waals surface area (Å²) in [6.07, 6.45) is 12.3. The highest BCUT2D eigenvalue weighted by Gasteiger charge is 2.06. The zero-order valence-corrected chi connectivity index (χ0v) is 20.5. The second-order valence-electron chi connectivity index (χ2n) is 8.39. The quantitative estimate of drug-likeness (QED) is 0.350. The minimum Gasteiger partial charge on any atom is -0.497 e. The van der Waals surface area contributed by atoms with Gasteiger partial charge in [0.25, 0.3) is 0 Å². The number of allylic oxidation sites excluding steroid dienone is 5. The smallest absolute Gasteiger partial charge is 0.223 e. The molecule has 2 rings (SSSR count). The molecule has 31 heavy (non-hydrogen) atoms. The molecule has 1 aromatic carbocycles. The molecule has 0 unspecified atom stereocenters. The molecule has 0 atom stereocenters. The largest absolute Gasteiger partial charge is 0.497 e. The molecule has 0 aliphatic carbocycles. The minimum absolute atomic E-state index is 0.0879. The lowest BCUT2D eigenvalue weighted by Crippen LogP contribution is -2.24. The molecule has 0 bridgehead atoms. The number of thiophene rings is 1. The van der Waals surface area contributed by atoms with E-state index in [-0.39, 0.29) is 5.91 Å². The highest BCUT2D eigenvalue weighted by Crippen LogP contribution is 2.29. The molecular formula is C27H37NO2S. The van der Waals surface area contributed by atoms with Crippen molar-refractivity contribution in [2.24, 2.45) is 0 Å². The van der Waals surface area contributed by atoms with Crippen LogP contribution in [0.4, 0.5) is 0 Å². The van der Waals surface area contributed by atoms with Crippen molar-refractivity contribution in [3.05, 3.63) is 64.1 Å². The number of methoxy groups -OCH3 is 1. The number of hydrogen-bond acceptors (Lipinski definition) is 3. The summed E-state index contributed by atoms with van der Waals surface area (Å²) in [5.41, 5.74) is 5.37. The molecule has 0 spiro atoms. The van der Waals surface area contributed by atoms with Gasteiger partial charge in [-0.25, -0.2) is 0 Å². The molecule has 2 aromatic rings. The van der Waals surface area contributed by atoms with Crippen molar-refractivity contribution in [1.29, 1.82) is 0 Å². The minimum atomic E-state index is 0.0879. The molecule has 1 heterocycles. The summed E-state index contributed by atoms with van der Waals surface area (Å²) in [6.45, 7) is 9.26. The van der Waals surface area contributed by atoms with Gasteiger partial charge < -0.3 is 10.1 Å². The third kappa shape index (κ3) is 9.14. The van der Waals surface area contributed by atoms with E-state index in [1.165, 1.54) is 32.4 Å². The van der Waals surface area contributed by atoms with Crippen LogP contribution in [-0.2, 0) is 11.2 Å². The van der Waals surface area contributed by atoms with Crippen molar-refractivity contribution in [1.82, 2.24) is 5.32 Å². The zero-order valence-electron chi connectivity index (χ0n) is 19.7. The summed E-state index contributed by atoms with van der Waals surface area (Å²) in [4.78, 5) is 12.2. The van der Waals surface area contributed by atoms with E-state index < -0.39 is 0 Å². The average molecular weight is 440 g/mol. The zero-order chi connectivity index (χ0) is 22.6. The first kappa shape index (κ1) is 24.9. The van der Waals surface area contributed by atoms with Gasteiger partial charge in [-0.2, -0.15) is 0 Å². The van der Waals surface area contributed by atoms with Gasteiger partial charge >= 0.3 is 0 Å². The number of benzene rings is 1. The van der Waals surface area contributed by atoms with Crippen LogP contribution in [0.5, 0.6) is 5.75 Å². The molecule has 4 heteroatoms. The van der Waals surface area contributed by atoms with Gasteiger partial charge in [0.2, 0.25) is 5.91 Å². The van der Waals surface area contributed by atoms with Crippen LogP contribution >= 0.6 is 11.3 Å². The fourth-order valence-electron chi connectivity index (χ4n) is 3.40. The second-order valence-corrected chi connectivity index (χ2v) is 9.30. The van der Waals surface area contributed by atoms with Gasteiger partial charge in [0.15, 0.2) is 0 Å². The molecule has 3 nitrogen and oxygen atoms in total. The van der Waals surface area contributed by atoms with Crippen LogP contribution in [0, 0.1) is 0 Å². The van der Waals surface area contributed by atoms with Crippen LogP contribution in [0.3, 0.4) is 0 Å².